The van der Waals surface area contributed by atoms with E-state index in [1.54, 1.807) is 6.92 Å². The molecular weight excluding hydrogens is 184 g/mol. The molecule has 0 spiro atoms. The number of ether oxygens (including phenoxy) is 1. The Labute approximate surface area is 82.6 Å². The summed E-state index contributed by atoms with van der Waals surface area (Å²) >= 11 is 0. The van der Waals surface area contributed by atoms with E-state index in [9.17, 15) is 14.7 Å². The molecular formula is C10H14O4. The van der Waals surface area contributed by atoms with Crippen LogP contribution in [0.3, 0.4) is 0 Å². The monoisotopic (exact) mass is 198 g/mol. The van der Waals surface area contributed by atoms with E-state index in [0.717, 1.165) is 0 Å². The van der Waals surface area contributed by atoms with Gasteiger partial charge in [0.15, 0.2) is 5.78 Å². The number of Topliss-reactive ketones (excluding diaryl/α,β-unsaturated/α-hetero) is 1. The Bertz CT molecular complexity index is 303. The molecule has 1 rings (SSSR count). The van der Waals surface area contributed by atoms with E-state index in [4.69, 9.17) is 0 Å². The molecule has 0 saturated heterocycles. The maximum absolute atomic E-state index is 11.3. The third-order valence-corrected chi connectivity index (χ3v) is 2.63. The number of ketones is 1. The Morgan fingerprint density at radius 3 is 2.64 bits per heavy atom. The van der Waals surface area contributed by atoms with Gasteiger partial charge in [0.25, 0.3) is 0 Å². The lowest BCUT2D eigenvalue weighted by atomic mass is 9.80. The quantitative estimate of drug-likeness (QED) is 0.643. The Kier molecular flexibility index (Phi) is 2.93. The minimum Gasteiger partial charge on any atom is -0.511 e. The molecule has 0 amide bonds. The summed E-state index contributed by atoms with van der Waals surface area (Å²) in [5.74, 6) is -1.60. The van der Waals surface area contributed by atoms with E-state index in [2.05, 4.69) is 4.74 Å². The van der Waals surface area contributed by atoms with Crippen molar-refractivity contribution < 1.29 is 19.4 Å². The third-order valence-electron chi connectivity index (χ3n) is 2.63. The van der Waals surface area contributed by atoms with Crippen molar-refractivity contribution in [3.05, 3.63) is 11.3 Å². The Balaban J connectivity index is 3.05. The van der Waals surface area contributed by atoms with Gasteiger partial charge in [-0.25, -0.2) is 0 Å². The lowest BCUT2D eigenvalue weighted by Gasteiger charge is -2.26. The minimum absolute atomic E-state index is 0.102. The smallest absolute Gasteiger partial charge is 0.316 e. The molecule has 14 heavy (non-hydrogen) atoms. The summed E-state index contributed by atoms with van der Waals surface area (Å²) in [6.07, 6.45) is 0.287. The first-order valence-electron chi connectivity index (χ1n) is 4.49. The van der Waals surface area contributed by atoms with Gasteiger partial charge in [-0.1, -0.05) is 6.92 Å². The molecule has 1 N–H and O–H groups in total. The van der Waals surface area contributed by atoms with Gasteiger partial charge in [-0.15, -0.1) is 0 Å². The van der Waals surface area contributed by atoms with Crippen molar-refractivity contribution in [1.29, 1.82) is 0 Å². The van der Waals surface area contributed by atoms with Crippen molar-refractivity contribution >= 4 is 11.8 Å². The summed E-state index contributed by atoms with van der Waals surface area (Å²) in [5.41, 5.74) is 0.276. The van der Waals surface area contributed by atoms with Crippen LogP contribution in [0.25, 0.3) is 0 Å². The zero-order chi connectivity index (χ0) is 10.9. The molecule has 0 aromatic heterocycles. The van der Waals surface area contributed by atoms with E-state index in [-0.39, 0.29) is 29.5 Å². The molecule has 2 atom stereocenters. The van der Waals surface area contributed by atoms with Crippen LogP contribution in [-0.4, -0.2) is 24.0 Å². The number of hydrogen-bond donors (Lipinski definition) is 1. The molecule has 0 aliphatic heterocycles. The van der Waals surface area contributed by atoms with Gasteiger partial charge < -0.3 is 9.84 Å². The molecule has 0 aromatic carbocycles. The average Bonchev–Trinajstić information content (AvgIpc) is 2.14. The molecule has 78 valence electrons. The first kappa shape index (κ1) is 10.8. The van der Waals surface area contributed by atoms with Crippen LogP contribution >= 0.6 is 0 Å². The largest absolute Gasteiger partial charge is 0.511 e. The molecule has 4 nitrogen and oxygen atoms in total. The molecule has 0 fully saturated rings. The number of carbonyl (C=O) groups excluding carboxylic acids is 2. The van der Waals surface area contributed by atoms with Crippen molar-refractivity contribution in [2.24, 2.45) is 11.8 Å². The van der Waals surface area contributed by atoms with Crippen LogP contribution in [0.4, 0.5) is 0 Å². The highest BCUT2D eigenvalue weighted by atomic mass is 16.5. The zero-order valence-corrected chi connectivity index (χ0v) is 8.53. The fraction of sp³-hybridized carbons (Fsp3) is 0.600. The second-order valence-electron chi connectivity index (χ2n) is 3.62. The number of allylic oxidation sites excluding steroid dienone is 1. The third kappa shape index (κ3) is 1.64. The Hall–Kier alpha value is -1.32. The predicted octanol–water partition coefficient (Wildman–Crippen LogP) is 1.22. The maximum Gasteiger partial charge on any atom is 0.316 e. The average molecular weight is 198 g/mol. The van der Waals surface area contributed by atoms with E-state index < -0.39 is 11.9 Å². The fourth-order valence-electron chi connectivity index (χ4n) is 1.68. The SMILES string of the molecule is COC(=O)[C@@H]1C(O)=C(C)C(=O)C[C@@H]1C. The van der Waals surface area contributed by atoms with Gasteiger partial charge in [0.2, 0.25) is 0 Å². The predicted molar refractivity (Wildman–Crippen MR) is 49.6 cm³/mol. The van der Waals surface area contributed by atoms with Gasteiger partial charge in [-0.3, -0.25) is 9.59 Å². The second-order valence-corrected chi connectivity index (χ2v) is 3.62. The van der Waals surface area contributed by atoms with Gasteiger partial charge in [0, 0.05) is 12.0 Å². The van der Waals surface area contributed by atoms with Crippen molar-refractivity contribution in [2.45, 2.75) is 20.3 Å². The zero-order valence-electron chi connectivity index (χ0n) is 8.53. The number of methoxy groups -OCH3 is 1. The molecule has 1 aliphatic carbocycles. The molecule has 0 aromatic rings. The normalized spacial score (nSPS) is 27.8. The van der Waals surface area contributed by atoms with Gasteiger partial charge in [0.05, 0.1) is 7.11 Å². The highest BCUT2D eigenvalue weighted by molar-refractivity contribution is 5.98. The molecule has 1 aliphatic rings. The molecule has 4 heteroatoms. The molecule has 0 heterocycles. The summed E-state index contributed by atoms with van der Waals surface area (Å²) in [5, 5.41) is 9.64. The van der Waals surface area contributed by atoms with Crippen LogP contribution in [-0.2, 0) is 14.3 Å². The van der Waals surface area contributed by atoms with E-state index in [1.165, 1.54) is 14.0 Å². The molecule has 0 unspecified atom stereocenters. The van der Waals surface area contributed by atoms with E-state index in [1.807, 2.05) is 0 Å². The number of aliphatic hydroxyl groups is 1. The van der Waals surface area contributed by atoms with Gasteiger partial charge in [0.1, 0.15) is 11.7 Å². The van der Waals surface area contributed by atoms with Crippen molar-refractivity contribution in [1.82, 2.24) is 0 Å². The Morgan fingerprint density at radius 2 is 2.14 bits per heavy atom. The highest BCUT2D eigenvalue weighted by Gasteiger charge is 2.37. The van der Waals surface area contributed by atoms with Gasteiger partial charge >= 0.3 is 5.97 Å². The topological polar surface area (TPSA) is 63.6 Å². The molecule has 0 bridgehead atoms. The molecule has 0 radical (unpaired) electrons. The van der Waals surface area contributed by atoms with Crippen LogP contribution in [0.15, 0.2) is 11.3 Å². The van der Waals surface area contributed by atoms with Crippen LogP contribution in [0.1, 0.15) is 20.3 Å². The number of hydrogen-bond acceptors (Lipinski definition) is 4. The summed E-state index contributed by atoms with van der Waals surface area (Å²) in [6.45, 7) is 3.28. The minimum atomic E-state index is -0.683. The van der Waals surface area contributed by atoms with Crippen molar-refractivity contribution in [3.8, 4) is 0 Å². The standard InChI is InChI=1S/C10H14O4/c1-5-4-7(11)6(2)9(12)8(5)10(13)14-3/h5,8,12H,4H2,1-3H3/t5-,8-/m0/s1. The van der Waals surface area contributed by atoms with Crippen molar-refractivity contribution in [2.75, 3.05) is 7.11 Å². The second kappa shape index (κ2) is 3.82. The summed E-state index contributed by atoms with van der Waals surface area (Å²) in [4.78, 5) is 22.6. The summed E-state index contributed by atoms with van der Waals surface area (Å²) < 4.78 is 4.57. The number of aliphatic hydroxyl groups excluding tert-OH is 1. The molecule has 0 saturated carbocycles. The van der Waals surface area contributed by atoms with Crippen molar-refractivity contribution in [3.63, 3.8) is 0 Å². The lowest BCUT2D eigenvalue weighted by Crippen LogP contribution is -2.32. The van der Waals surface area contributed by atoms with E-state index in [0.29, 0.717) is 0 Å². The lowest BCUT2D eigenvalue weighted by molar-refractivity contribution is -0.147. The van der Waals surface area contributed by atoms with Crippen LogP contribution in [0, 0.1) is 11.8 Å². The van der Waals surface area contributed by atoms with E-state index >= 15 is 0 Å². The number of carbonyl (C=O) groups is 2. The van der Waals surface area contributed by atoms with Crippen LogP contribution in [0.2, 0.25) is 0 Å². The first-order chi connectivity index (χ1) is 6.49. The first-order valence-corrected chi connectivity index (χ1v) is 4.49. The maximum atomic E-state index is 11.3. The Morgan fingerprint density at radius 1 is 1.57 bits per heavy atom. The summed E-state index contributed by atoms with van der Waals surface area (Å²) in [7, 11) is 1.27. The summed E-state index contributed by atoms with van der Waals surface area (Å²) in [6, 6.07) is 0. The highest BCUT2D eigenvalue weighted by Crippen LogP contribution is 2.31. The van der Waals surface area contributed by atoms with Gasteiger partial charge in [-0.05, 0) is 12.8 Å². The number of rotatable bonds is 1. The van der Waals surface area contributed by atoms with Gasteiger partial charge in [-0.2, -0.15) is 0 Å². The van der Waals surface area contributed by atoms with Crippen LogP contribution in [0.5, 0.6) is 0 Å². The fourth-order valence-corrected chi connectivity index (χ4v) is 1.68. The van der Waals surface area contributed by atoms with Crippen LogP contribution < -0.4 is 0 Å². The number of esters is 1.